The molecule has 2 rings (SSSR count). The van der Waals surface area contributed by atoms with Gasteiger partial charge in [-0.2, -0.15) is 4.31 Å². The lowest BCUT2D eigenvalue weighted by atomic mass is 9.97. The Bertz CT molecular complexity index is 840. The highest BCUT2D eigenvalue weighted by Crippen LogP contribution is 2.30. The molecule has 0 aromatic heterocycles. The van der Waals surface area contributed by atoms with E-state index in [1.165, 1.54) is 22.5 Å². The molecule has 0 bridgehead atoms. The van der Waals surface area contributed by atoms with Crippen LogP contribution < -0.4 is 10.6 Å². The van der Waals surface area contributed by atoms with Crippen molar-refractivity contribution in [3.05, 3.63) is 28.2 Å². The Morgan fingerprint density at radius 1 is 1.24 bits per heavy atom. The predicted molar refractivity (Wildman–Crippen MR) is 113 cm³/mol. The van der Waals surface area contributed by atoms with Gasteiger partial charge >= 0.3 is 0 Å². The molecular weight excluding hydrogens is 437 g/mol. The molecule has 0 aliphatic carbocycles. The molecule has 2 amide bonds. The van der Waals surface area contributed by atoms with E-state index in [0.29, 0.717) is 17.9 Å². The van der Waals surface area contributed by atoms with Gasteiger partial charge in [0.25, 0.3) is 0 Å². The molecular formula is C19H27Cl2N3O4S. The molecule has 1 fully saturated rings. The van der Waals surface area contributed by atoms with Crippen LogP contribution in [0.3, 0.4) is 0 Å². The third-order valence-electron chi connectivity index (χ3n) is 5.01. The van der Waals surface area contributed by atoms with Gasteiger partial charge in [0.05, 0.1) is 5.02 Å². The van der Waals surface area contributed by atoms with Crippen molar-refractivity contribution in [1.82, 2.24) is 14.9 Å². The molecule has 162 valence electrons. The number of nitrogens with zero attached hydrogens (tertiary/aromatic N) is 1. The maximum atomic E-state index is 12.8. The Morgan fingerprint density at radius 3 is 2.52 bits per heavy atom. The van der Waals surface area contributed by atoms with Crippen LogP contribution in [0.1, 0.15) is 39.5 Å². The van der Waals surface area contributed by atoms with Crippen LogP contribution in [0, 0.1) is 5.92 Å². The standard InChI is InChI=1S/C19H27Cl2N3O4S/c1-3-13(2)23-18(25)6-9-22-19(26)14-7-10-24(11-8-14)29(27,28)17-12-15(20)4-5-16(17)21/h4-5,12-14H,3,6-11H2,1-2H3,(H,22,26)(H,23,25). The smallest absolute Gasteiger partial charge is 0.244 e. The SMILES string of the molecule is CCC(C)NC(=O)CCNC(=O)C1CCN(S(=O)(=O)c2cc(Cl)ccc2Cl)CC1. The Balaban J connectivity index is 1.84. The average molecular weight is 464 g/mol. The molecule has 0 radical (unpaired) electrons. The van der Waals surface area contributed by atoms with Gasteiger partial charge in [0.1, 0.15) is 4.90 Å². The van der Waals surface area contributed by atoms with E-state index in [9.17, 15) is 18.0 Å². The molecule has 0 spiro atoms. The lowest BCUT2D eigenvalue weighted by molar-refractivity contribution is -0.126. The predicted octanol–water partition coefficient (Wildman–Crippen LogP) is 2.82. The topological polar surface area (TPSA) is 95.6 Å². The van der Waals surface area contributed by atoms with Gasteiger partial charge in [-0.3, -0.25) is 9.59 Å². The van der Waals surface area contributed by atoms with E-state index in [2.05, 4.69) is 10.6 Å². The number of nitrogens with one attached hydrogen (secondary N) is 2. The van der Waals surface area contributed by atoms with Gasteiger partial charge < -0.3 is 10.6 Å². The van der Waals surface area contributed by atoms with Gasteiger partial charge in [-0.25, -0.2) is 8.42 Å². The van der Waals surface area contributed by atoms with Crippen LogP contribution in [0.15, 0.2) is 23.1 Å². The van der Waals surface area contributed by atoms with E-state index in [0.717, 1.165) is 6.42 Å². The summed E-state index contributed by atoms with van der Waals surface area (Å²) in [7, 11) is -3.77. The van der Waals surface area contributed by atoms with Crippen LogP contribution in [0.25, 0.3) is 0 Å². The van der Waals surface area contributed by atoms with Crippen molar-refractivity contribution in [3.8, 4) is 0 Å². The maximum absolute atomic E-state index is 12.8. The van der Waals surface area contributed by atoms with E-state index >= 15 is 0 Å². The zero-order valence-electron chi connectivity index (χ0n) is 16.6. The molecule has 1 atom stereocenters. The van der Waals surface area contributed by atoms with E-state index in [4.69, 9.17) is 23.2 Å². The largest absolute Gasteiger partial charge is 0.355 e. The van der Waals surface area contributed by atoms with Gasteiger partial charge in [0.2, 0.25) is 21.8 Å². The van der Waals surface area contributed by atoms with Crippen LogP contribution >= 0.6 is 23.2 Å². The first-order valence-corrected chi connectivity index (χ1v) is 11.9. The quantitative estimate of drug-likeness (QED) is 0.619. The first-order chi connectivity index (χ1) is 13.6. The molecule has 1 aliphatic rings. The summed E-state index contributed by atoms with van der Waals surface area (Å²) in [6, 6.07) is 4.43. The first kappa shape index (κ1) is 23.9. The molecule has 1 unspecified atom stereocenters. The summed E-state index contributed by atoms with van der Waals surface area (Å²) >= 11 is 12.0. The summed E-state index contributed by atoms with van der Waals surface area (Å²) in [6.45, 7) is 4.61. The Labute approximate surface area is 182 Å². The number of hydrogen-bond acceptors (Lipinski definition) is 4. The zero-order chi connectivity index (χ0) is 21.6. The number of hydrogen-bond donors (Lipinski definition) is 2. The molecule has 0 saturated carbocycles. The van der Waals surface area contributed by atoms with Crippen LogP contribution in [-0.4, -0.2) is 50.2 Å². The third kappa shape index (κ3) is 6.57. The molecule has 1 aromatic rings. The zero-order valence-corrected chi connectivity index (χ0v) is 18.9. The van der Waals surface area contributed by atoms with Crippen molar-refractivity contribution in [2.45, 2.75) is 50.5 Å². The average Bonchev–Trinajstić information content (AvgIpc) is 2.69. The molecule has 2 N–H and O–H groups in total. The number of rotatable bonds is 8. The normalized spacial score (nSPS) is 17.0. The Kier molecular flexibility index (Phi) is 8.75. The number of halogens is 2. The van der Waals surface area contributed by atoms with Gasteiger partial charge in [0.15, 0.2) is 0 Å². The van der Waals surface area contributed by atoms with Gasteiger partial charge in [-0.05, 0) is 44.4 Å². The van der Waals surface area contributed by atoms with Crippen molar-refractivity contribution in [1.29, 1.82) is 0 Å². The highest BCUT2D eigenvalue weighted by Gasteiger charge is 2.33. The minimum absolute atomic E-state index is 0.0260. The number of benzene rings is 1. The number of piperidine rings is 1. The van der Waals surface area contributed by atoms with Gasteiger partial charge in [-0.1, -0.05) is 30.1 Å². The highest BCUT2D eigenvalue weighted by molar-refractivity contribution is 7.89. The number of carbonyl (C=O) groups excluding carboxylic acids is 2. The second-order valence-electron chi connectivity index (χ2n) is 7.17. The van der Waals surface area contributed by atoms with Gasteiger partial charge in [-0.15, -0.1) is 0 Å². The highest BCUT2D eigenvalue weighted by atomic mass is 35.5. The third-order valence-corrected chi connectivity index (χ3v) is 7.62. The minimum Gasteiger partial charge on any atom is -0.355 e. The first-order valence-electron chi connectivity index (χ1n) is 9.67. The van der Waals surface area contributed by atoms with Crippen molar-refractivity contribution < 1.29 is 18.0 Å². The number of carbonyl (C=O) groups is 2. The van der Waals surface area contributed by atoms with Gasteiger partial charge in [0, 0.05) is 43.0 Å². The van der Waals surface area contributed by atoms with Crippen molar-refractivity contribution in [2.24, 2.45) is 5.92 Å². The van der Waals surface area contributed by atoms with Crippen LogP contribution in [0.2, 0.25) is 10.0 Å². The molecule has 29 heavy (non-hydrogen) atoms. The summed E-state index contributed by atoms with van der Waals surface area (Å²) in [4.78, 5) is 24.1. The lowest BCUT2D eigenvalue weighted by Crippen LogP contribution is -2.43. The van der Waals surface area contributed by atoms with Crippen LogP contribution in [0.4, 0.5) is 0 Å². The monoisotopic (exact) mass is 463 g/mol. The minimum atomic E-state index is -3.77. The van der Waals surface area contributed by atoms with E-state index in [1.807, 2.05) is 13.8 Å². The van der Waals surface area contributed by atoms with E-state index in [1.54, 1.807) is 0 Å². The molecule has 7 nitrogen and oxygen atoms in total. The summed E-state index contributed by atoms with van der Waals surface area (Å²) < 4.78 is 27.0. The molecule has 10 heteroatoms. The van der Waals surface area contributed by atoms with E-state index < -0.39 is 10.0 Å². The van der Waals surface area contributed by atoms with Crippen LogP contribution in [0.5, 0.6) is 0 Å². The van der Waals surface area contributed by atoms with E-state index in [-0.39, 0.29) is 59.7 Å². The number of sulfonamides is 1. The second kappa shape index (κ2) is 10.6. The van der Waals surface area contributed by atoms with Crippen molar-refractivity contribution in [2.75, 3.05) is 19.6 Å². The fourth-order valence-corrected chi connectivity index (χ4v) is 5.27. The van der Waals surface area contributed by atoms with Crippen molar-refractivity contribution in [3.63, 3.8) is 0 Å². The lowest BCUT2D eigenvalue weighted by Gasteiger charge is -2.30. The Hall–Kier alpha value is -1.35. The Morgan fingerprint density at radius 2 is 1.90 bits per heavy atom. The fraction of sp³-hybridized carbons (Fsp3) is 0.579. The second-order valence-corrected chi connectivity index (χ2v) is 9.92. The molecule has 1 aliphatic heterocycles. The van der Waals surface area contributed by atoms with Crippen molar-refractivity contribution >= 4 is 45.0 Å². The number of amides is 2. The molecule has 1 saturated heterocycles. The summed E-state index contributed by atoms with van der Waals surface area (Å²) in [5, 5.41) is 6.02. The fourth-order valence-electron chi connectivity index (χ4n) is 3.06. The molecule has 1 aromatic carbocycles. The van der Waals surface area contributed by atoms with Crippen LogP contribution in [-0.2, 0) is 19.6 Å². The summed E-state index contributed by atoms with van der Waals surface area (Å²) in [5.41, 5.74) is 0. The maximum Gasteiger partial charge on any atom is 0.244 e. The summed E-state index contributed by atoms with van der Waals surface area (Å²) in [6.07, 6.45) is 1.88. The molecule has 1 heterocycles. The summed E-state index contributed by atoms with van der Waals surface area (Å²) in [5.74, 6) is -0.535.